The van der Waals surface area contributed by atoms with E-state index in [9.17, 15) is 5.11 Å². The summed E-state index contributed by atoms with van der Waals surface area (Å²) in [5.41, 5.74) is 1.26. The molecule has 0 amide bonds. The van der Waals surface area contributed by atoms with Crippen molar-refractivity contribution in [3.63, 3.8) is 0 Å². The predicted molar refractivity (Wildman–Crippen MR) is 123 cm³/mol. The van der Waals surface area contributed by atoms with Gasteiger partial charge in [-0.05, 0) is 69.8 Å². The lowest BCUT2D eigenvalue weighted by Gasteiger charge is -2.32. The van der Waals surface area contributed by atoms with Gasteiger partial charge in [0.25, 0.3) is 0 Å². The second-order valence-corrected chi connectivity index (χ2v) is 7.88. The predicted octanol–water partition coefficient (Wildman–Crippen LogP) is 3.26. The number of ether oxygens (including phenoxy) is 1. The molecule has 1 aromatic rings. The fourth-order valence-corrected chi connectivity index (χ4v) is 3.22. The Hall–Kier alpha value is -1.79. The molecule has 0 saturated carbocycles. The Kier molecular flexibility index (Phi) is 12.4. The quantitative estimate of drug-likeness (QED) is 0.251. The Morgan fingerprint density at radius 1 is 1.10 bits per heavy atom. The zero-order valence-electron chi connectivity index (χ0n) is 19.1. The third-order valence-electron chi connectivity index (χ3n) is 5.48. The summed E-state index contributed by atoms with van der Waals surface area (Å²) in [4.78, 5) is 6.89. The van der Waals surface area contributed by atoms with Crippen LogP contribution >= 0.6 is 0 Å². The zero-order valence-corrected chi connectivity index (χ0v) is 19.1. The highest BCUT2D eigenvalue weighted by molar-refractivity contribution is 5.79. The average Bonchev–Trinajstić information content (AvgIpc) is 2.73. The van der Waals surface area contributed by atoms with Crippen LogP contribution in [0.25, 0.3) is 0 Å². The Balaban J connectivity index is 2.59. The summed E-state index contributed by atoms with van der Waals surface area (Å²) in [7, 11) is 4.14. The van der Waals surface area contributed by atoms with Gasteiger partial charge in [0.05, 0.1) is 13.2 Å². The van der Waals surface area contributed by atoms with E-state index in [0.29, 0.717) is 6.54 Å². The van der Waals surface area contributed by atoms with Crippen LogP contribution in [0.2, 0.25) is 0 Å². The Morgan fingerprint density at radius 2 is 1.79 bits per heavy atom. The normalized spacial score (nSPS) is 12.3. The number of rotatable bonds is 14. The minimum Gasteiger partial charge on any atom is -0.494 e. The first-order valence-corrected chi connectivity index (χ1v) is 11.0. The summed E-state index contributed by atoms with van der Waals surface area (Å²) in [5, 5.41) is 16.2. The van der Waals surface area contributed by atoms with Crippen molar-refractivity contribution in [3.05, 3.63) is 29.8 Å². The summed E-state index contributed by atoms with van der Waals surface area (Å²) in [6.07, 6.45) is 3.89. The van der Waals surface area contributed by atoms with Crippen LogP contribution < -0.4 is 15.4 Å². The van der Waals surface area contributed by atoms with Crippen LogP contribution in [0.5, 0.6) is 5.75 Å². The molecule has 0 fully saturated rings. The number of aliphatic hydroxyl groups excluding tert-OH is 1. The molecule has 3 N–H and O–H groups in total. The number of aliphatic hydroxyl groups is 1. The average molecular weight is 407 g/mol. The molecule has 6 nitrogen and oxygen atoms in total. The smallest absolute Gasteiger partial charge is 0.191 e. The van der Waals surface area contributed by atoms with Crippen molar-refractivity contribution in [2.45, 2.75) is 53.0 Å². The maximum atomic E-state index is 9.41. The molecule has 0 spiro atoms. The lowest BCUT2D eigenvalue weighted by atomic mass is 9.79. The van der Waals surface area contributed by atoms with Gasteiger partial charge in [0.15, 0.2) is 5.96 Å². The lowest BCUT2D eigenvalue weighted by Crippen LogP contribution is -2.43. The molecule has 0 bridgehead atoms. The van der Waals surface area contributed by atoms with Crippen LogP contribution in [-0.4, -0.2) is 62.9 Å². The highest BCUT2D eigenvalue weighted by Gasteiger charge is 2.25. The van der Waals surface area contributed by atoms with E-state index < -0.39 is 0 Å². The van der Waals surface area contributed by atoms with Crippen molar-refractivity contribution in [1.29, 1.82) is 0 Å². The lowest BCUT2D eigenvalue weighted by molar-refractivity contribution is 0.169. The molecular formula is C23H42N4O2. The summed E-state index contributed by atoms with van der Waals surface area (Å²) < 4.78 is 5.79. The van der Waals surface area contributed by atoms with Crippen LogP contribution in [-0.2, 0) is 6.54 Å². The van der Waals surface area contributed by atoms with Crippen molar-refractivity contribution in [2.24, 2.45) is 10.4 Å². The first-order chi connectivity index (χ1) is 14.0. The van der Waals surface area contributed by atoms with Gasteiger partial charge in [0, 0.05) is 26.2 Å². The largest absolute Gasteiger partial charge is 0.494 e. The standard InChI is InChI=1S/C23H42N4O2/c1-6-23(7-2,14-16-28)19-26-22(24-8-3)25-18-20-10-12-21(13-11-20)29-17-9-15-27(4)5/h10-13,28H,6-9,14-19H2,1-5H3,(H2,24,25,26). The molecule has 0 unspecified atom stereocenters. The molecule has 0 aromatic heterocycles. The number of benzene rings is 1. The zero-order chi connectivity index (χ0) is 21.5. The third kappa shape index (κ3) is 9.99. The van der Waals surface area contributed by atoms with Crippen LogP contribution in [0, 0.1) is 5.41 Å². The van der Waals surface area contributed by atoms with Gasteiger partial charge in [-0.3, -0.25) is 0 Å². The van der Waals surface area contributed by atoms with E-state index in [1.807, 2.05) is 12.1 Å². The fraction of sp³-hybridized carbons (Fsp3) is 0.696. The van der Waals surface area contributed by atoms with Gasteiger partial charge in [-0.15, -0.1) is 0 Å². The SMILES string of the molecule is CCNC(=NCc1ccc(OCCCN(C)C)cc1)NCC(CC)(CC)CCO. The minimum absolute atomic E-state index is 0.108. The van der Waals surface area contributed by atoms with Gasteiger partial charge in [-0.2, -0.15) is 0 Å². The number of nitrogens with one attached hydrogen (secondary N) is 2. The molecule has 0 heterocycles. The van der Waals surface area contributed by atoms with Gasteiger partial charge in [-0.25, -0.2) is 4.99 Å². The Bertz CT molecular complexity index is 569. The molecule has 29 heavy (non-hydrogen) atoms. The van der Waals surface area contributed by atoms with Crippen molar-refractivity contribution >= 4 is 5.96 Å². The highest BCUT2D eigenvalue weighted by atomic mass is 16.5. The fourth-order valence-electron chi connectivity index (χ4n) is 3.22. The van der Waals surface area contributed by atoms with E-state index in [4.69, 9.17) is 9.73 Å². The molecule has 0 saturated heterocycles. The van der Waals surface area contributed by atoms with Crippen LogP contribution in [0.15, 0.2) is 29.3 Å². The van der Waals surface area contributed by atoms with Crippen molar-refractivity contribution in [3.8, 4) is 5.75 Å². The molecule has 0 atom stereocenters. The first kappa shape index (κ1) is 25.2. The number of hydrogen-bond donors (Lipinski definition) is 3. The van der Waals surface area contributed by atoms with E-state index in [1.54, 1.807) is 0 Å². The second-order valence-electron chi connectivity index (χ2n) is 7.88. The highest BCUT2D eigenvalue weighted by Crippen LogP contribution is 2.29. The van der Waals surface area contributed by atoms with Crippen molar-refractivity contribution in [1.82, 2.24) is 15.5 Å². The third-order valence-corrected chi connectivity index (χ3v) is 5.48. The number of aliphatic imine (C=N–C) groups is 1. The van der Waals surface area contributed by atoms with Gasteiger partial charge in [0.2, 0.25) is 0 Å². The van der Waals surface area contributed by atoms with E-state index in [-0.39, 0.29) is 12.0 Å². The molecule has 1 aromatic carbocycles. The molecular weight excluding hydrogens is 364 g/mol. The number of hydrogen-bond acceptors (Lipinski definition) is 4. The number of guanidine groups is 1. The number of nitrogens with zero attached hydrogens (tertiary/aromatic N) is 2. The van der Waals surface area contributed by atoms with Crippen molar-refractivity contribution in [2.75, 3.05) is 46.9 Å². The van der Waals surface area contributed by atoms with E-state index in [2.05, 4.69) is 62.5 Å². The van der Waals surface area contributed by atoms with E-state index in [0.717, 1.165) is 69.2 Å². The summed E-state index contributed by atoms with van der Waals surface area (Å²) in [6.45, 7) is 10.7. The minimum atomic E-state index is 0.108. The molecule has 0 aliphatic heterocycles. The first-order valence-electron chi connectivity index (χ1n) is 11.0. The van der Waals surface area contributed by atoms with Crippen LogP contribution in [0.3, 0.4) is 0 Å². The molecule has 0 aliphatic carbocycles. The molecule has 0 aliphatic rings. The van der Waals surface area contributed by atoms with E-state index >= 15 is 0 Å². The maximum absolute atomic E-state index is 9.41. The summed E-state index contributed by atoms with van der Waals surface area (Å²) >= 11 is 0. The summed E-state index contributed by atoms with van der Waals surface area (Å²) in [6, 6.07) is 8.17. The van der Waals surface area contributed by atoms with Crippen LogP contribution in [0.4, 0.5) is 0 Å². The van der Waals surface area contributed by atoms with Gasteiger partial charge in [-0.1, -0.05) is 26.0 Å². The van der Waals surface area contributed by atoms with Gasteiger partial charge in [0.1, 0.15) is 5.75 Å². The van der Waals surface area contributed by atoms with Crippen LogP contribution in [0.1, 0.15) is 52.0 Å². The van der Waals surface area contributed by atoms with Crippen molar-refractivity contribution < 1.29 is 9.84 Å². The molecule has 166 valence electrons. The second kappa shape index (κ2) is 14.2. The Morgan fingerprint density at radius 3 is 2.34 bits per heavy atom. The monoisotopic (exact) mass is 406 g/mol. The molecule has 1 rings (SSSR count). The maximum Gasteiger partial charge on any atom is 0.191 e. The molecule has 0 radical (unpaired) electrons. The Labute approximate surface area is 177 Å². The molecule has 6 heteroatoms. The van der Waals surface area contributed by atoms with E-state index in [1.165, 1.54) is 0 Å². The van der Waals surface area contributed by atoms with Gasteiger partial charge >= 0.3 is 0 Å². The van der Waals surface area contributed by atoms with Gasteiger partial charge < -0.3 is 25.4 Å². The summed E-state index contributed by atoms with van der Waals surface area (Å²) in [5.74, 6) is 1.72. The topological polar surface area (TPSA) is 69.1 Å².